The van der Waals surface area contributed by atoms with Crippen LogP contribution in [0.3, 0.4) is 0 Å². The summed E-state index contributed by atoms with van der Waals surface area (Å²) in [6.07, 6.45) is 3.34. The van der Waals surface area contributed by atoms with Crippen LogP contribution in [0.2, 0.25) is 0 Å². The lowest BCUT2D eigenvalue weighted by Gasteiger charge is -2.09. The summed E-state index contributed by atoms with van der Waals surface area (Å²) < 4.78 is 5.19. The Morgan fingerprint density at radius 1 is 1.42 bits per heavy atom. The molecule has 0 aromatic carbocycles. The molecule has 0 aliphatic carbocycles. The second-order valence-electron chi connectivity index (χ2n) is 2.73. The first-order valence-corrected chi connectivity index (χ1v) is 3.85. The van der Waals surface area contributed by atoms with Crippen LogP contribution in [0.25, 0.3) is 0 Å². The van der Waals surface area contributed by atoms with Crippen molar-refractivity contribution < 1.29 is 4.74 Å². The van der Waals surface area contributed by atoms with E-state index in [-0.39, 0.29) is 12.0 Å². The first-order valence-electron chi connectivity index (χ1n) is 3.85. The molecule has 0 saturated heterocycles. The predicted molar refractivity (Wildman–Crippen MR) is 47.3 cm³/mol. The number of ether oxygens (including phenoxy) is 1. The number of nitrogens with one attached hydrogen (secondary N) is 1. The van der Waals surface area contributed by atoms with Gasteiger partial charge in [0, 0.05) is 18.0 Å². The maximum atomic E-state index is 7.51. The number of hydrogen-bond acceptors (Lipinski definition) is 3. The van der Waals surface area contributed by atoms with Gasteiger partial charge < -0.3 is 4.74 Å². The zero-order valence-corrected chi connectivity index (χ0v) is 7.24. The van der Waals surface area contributed by atoms with E-state index in [1.165, 1.54) is 0 Å². The molecule has 0 bridgehead atoms. The van der Waals surface area contributed by atoms with Crippen molar-refractivity contribution in [1.29, 1.82) is 5.41 Å². The average molecular weight is 164 g/mol. The summed E-state index contributed by atoms with van der Waals surface area (Å²) in [5, 5.41) is 7.51. The van der Waals surface area contributed by atoms with Gasteiger partial charge in [0.2, 0.25) is 5.90 Å². The molecule has 3 heteroatoms. The minimum absolute atomic E-state index is 0.0469. The molecule has 0 amide bonds. The standard InChI is InChI=1S/C9H12N2O/c1-7(2)12-9(10)8-3-5-11-6-4-8/h3-7,10H,1-2H3. The zero-order chi connectivity index (χ0) is 8.97. The molecule has 1 heterocycles. The molecule has 1 N–H and O–H groups in total. The summed E-state index contributed by atoms with van der Waals surface area (Å²) in [6.45, 7) is 3.80. The number of nitrogens with zero attached hydrogens (tertiary/aromatic N) is 1. The van der Waals surface area contributed by atoms with Crippen molar-refractivity contribution in [3.8, 4) is 0 Å². The van der Waals surface area contributed by atoms with Crippen LogP contribution < -0.4 is 0 Å². The summed E-state index contributed by atoms with van der Waals surface area (Å²) in [4.78, 5) is 3.85. The summed E-state index contributed by atoms with van der Waals surface area (Å²) in [5.41, 5.74) is 0.763. The van der Waals surface area contributed by atoms with Gasteiger partial charge in [0.1, 0.15) is 0 Å². The van der Waals surface area contributed by atoms with Crippen LogP contribution in [0, 0.1) is 5.41 Å². The largest absolute Gasteiger partial charge is 0.475 e. The lowest BCUT2D eigenvalue weighted by atomic mass is 10.3. The summed E-state index contributed by atoms with van der Waals surface area (Å²) in [7, 11) is 0. The summed E-state index contributed by atoms with van der Waals surface area (Å²) in [6, 6.07) is 3.51. The molecule has 0 aliphatic heterocycles. The minimum atomic E-state index is 0.0469. The Hall–Kier alpha value is -1.38. The Morgan fingerprint density at radius 3 is 2.50 bits per heavy atom. The van der Waals surface area contributed by atoms with E-state index in [0.29, 0.717) is 0 Å². The molecule has 12 heavy (non-hydrogen) atoms. The Morgan fingerprint density at radius 2 is 2.00 bits per heavy atom. The van der Waals surface area contributed by atoms with Crippen molar-refractivity contribution in [2.24, 2.45) is 0 Å². The van der Waals surface area contributed by atoms with Crippen LogP contribution in [0.5, 0.6) is 0 Å². The molecule has 1 aromatic rings. The number of pyridine rings is 1. The van der Waals surface area contributed by atoms with Crippen molar-refractivity contribution in [2.75, 3.05) is 0 Å². The molecule has 0 unspecified atom stereocenters. The molecule has 0 atom stereocenters. The highest BCUT2D eigenvalue weighted by molar-refractivity contribution is 5.91. The van der Waals surface area contributed by atoms with Crippen molar-refractivity contribution >= 4 is 5.90 Å². The van der Waals surface area contributed by atoms with Gasteiger partial charge in [-0.1, -0.05) is 0 Å². The van der Waals surface area contributed by atoms with Crippen LogP contribution >= 0.6 is 0 Å². The Balaban J connectivity index is 2.66. The number of aromatic nitrogens is 1. The topological polar surface area (TPSA) is 46.0 Å². The second-order valence-corrected chi connectivity index (χ2v) is 2.73. The van der Waals surface area contributed by atoms with Crippen LogP contribution in [0.4, 0.5) is 0 Å². The highest BCUT2D eigenvalue weighted by atomic mass is 16.5. The Labute approximate surface area is 71.9 Å². The number of rotatable bonds is 2. The van der Waals surface area contributed by atoms with E-state index in [1.54, 1.807) is 24.5 Å². The monoisotopic (exact) mass is 164 g/mol. The van der Waals surface area contributed by atoms with Crippen molar-refractivity contribution in [1.82, 2.24) is 4.98 Å². The van der Waals surface area contributed by atoms with E-state index in [9.17, 15) is 0 Å². The molecule has 0 aliphatic rings. The van der Waals surface area contributed by atoms with Gasteiger partial charge in [0.05, 0.1) is 6.10 Å². The van der Waals surface area contributed by atoms with Gasteiger partial charge in [0.15, 0.2) is 0 Å². The predicted octanol–water partition coefficient (Wildman–Crippen LogP) is 1.83. The normalized spacial score (nSPS) is 9.92. The van der Waals surface area contributed by atoms with Gasteiger partial charge in [-0.2, -0.15) is 0 Å². The third-order valence-corrected chi connectivity index (χ3v) is 1.30. The van der Waals surface area contributed by atoms with Crippen LogP contribution in [-0.2, 0) is 4.74 Å². The third-order valence-electron chi connectivity index (χ3n) is 1.30. The van der Waals surface area contributed by atoms with Gasteiger partial charge in [-0.05, 0) is 26.0 Å². The molecule has 1 rings (SSSR count). The van der Waals surface area contributed by atoms with Crippen molar-refractivity contribution in [3.05, 3.63) is 30.1 Å². The molecule has 3 nitrogen and oxygen atoms in total. The fraction of sp³-hybridized carbons (Fsp3) is 0.333. The smallest absolute Gasteiger partial charge is 0.213 e. The second kappa shape index (κ2) is 3.85. The van der Waals surface area contributed by atoms with Gasteiger partial charge >= 0.3 is 0 Å². The molecular formula is C9H12N2O. The van der Waals surface area contributed by atoms with E-state index in [1.807, 2.05) is 13.8 Å². The molecule has 0 radical (unpaired) electrons. The molecule has 1 aromatic heterocycles. The lowest BCUT2D eigenvalue weighted by molar-refractivity contribution is 0.227. The maximum absolute atomic E-state index is 7.51. The number of hydrogen-bond donors (Lipinski definition) is 1. The summed E-state index contributed by atoms with van der Waals surface area (Å²) >= 11 is 0. The highest BCUT2D eigenvalue weighted by Crippen LogP contribution is 2.01. The van der Waals surface area contributed by atoms with E-state index in [2.05, 4.69) is 4.98 Å². The maximum Gasteiger partial charge on any atom is 0.213 e. The SMILES string of the molecule is CC(C)OC(=N)c1ccncc1. The molecule has 0 saturated carbocycles. The zero-order valence-electron chi connectivity index (χ0n) is 7.24. The Bertz CT molecular complexity index is 256. The van der Waals surface area contributed by atoms with E-state index < -0.39 is 0 Å². The minimum Gasteiger partial charge on any atom is -0.475 e. The van der Waals surface area contributed by atoms with Gasteiger partial charge in [0.25, 0.3) is 0 Å². The molecular weight excluding hydrogens is 152 g/mol. The Kier molecular flexibility index (Phi) is 2.80. The quantitative estimate of drug-likeness (QED) is 0.535. The first-order chi connectivity index (χ1) is 5.70. The van der Waals surface area contributed by atoms with E-state index >= 15 is 0 Å². The van der Waals surface area contributed by atoms with Crippen molar-refractivity contribution in [3.63, 3.8) is 0 Å². The lowest BCUT2D eigenvalue weighted by Crippen LogP contribution is -2.11. The highest BCUT2D eigenvalue weighted by Gasteiger charge is 2.02. The third kappa shape index (κ3) is 2.34. The molecule has 0 spiro atoms. The average Bonchev–Trinajstić information content (AvgIpc) is 2.05. The van der Waals surface area contributed by atoms with E-state index in [0.717, 1.165) is 5.56 Å². The van der Waals surface area contributed by atoms with Gasteiger partial charge in [-0.25, -0.2) is 0 Å². The van der Waals surface area contributed by atoms with Crippen LogP contribution in [-0.4, -0.2) is 17.0 Å². The van der Waals surface area contributed by atoms with Gasteiger partial charge in [-0.3, -0.25) is 10.4 Å². The first kappa shape index (κ1) is 8.71. The van der Waals surface area contributed by atoms with E-state index in [4.69, 9.17) is 10.1 Å². The van der Waals surface area contributed by atoms with Crippen LogP contribution in [0.1, 0.15) is 19.4 Å². The van der Waals surface area contributed by atoms with Crippen LogP contribution in [0.15, 0.2) is 24.5 Å². The summed E-state index contributed by atoms with van der Waals surface area (Å²) in [5.74, 6) is 0.201. The fourth-order valence-corrected chi connectivity index (χ4v) is 0.807. The van der Waals surface area contributed by atoms with Crippen molar-refractivity contribution in [2.45, 2.75) is 20.0 Å². The van der Waals surface area contributed by atoms with Gasteiger partial charge in [-0.15, -0.1) is 0 Å². The fourth-order valence-electron chi connectivity index (χ4n) is 0.807. The molecule has 64 valence electrons. The molecule has 0 fully saturated rings.